The highest BCUT2D eigenvalue weighted by molar-refractivity contribution is 7.89. The molecule has 22 heavy (non-hydrogen) atoms. The zero-order valence-corrected chi connectivity index (χ0v) is 13.1. The second-order valence-electron chi connectivity index (χ2n) is 4.97. The Morgan fingerprint density at radius 1 is 1.36 bits per heavy atom. The van der Waals surface area contributed by atoms with Gasteiger partial charge in [0.15, 0.2) is 5.69 Å². The quantitative estimate of drug-likeness (QED) is 0.834. The summed E-state index contributed by atoms with van der Waals surface area (Å²) in [5.74, 6) is 0. The van der Waals surface area contributed by atoms with Gasteiger partial charge in [-0.15, -0.1) is 11.3 Å². The smallest absolute Gasteiger partial charge is 0.274 e. The van der Waals surface area contributed by atoms with Crippen LogP contribution in [0.4, 0.5) is 13.2 Å². The monoisotopic (exact) mass is 351 g/mol. The van der Waals surface area contributed by atoms with Gasteiger partial charge < -0.3 is 0 Å². The predicted molar refractivity (Wildman–Crippen MR) is 73.8 cm³/mol. The van der Waals surface area contributed by atoms with Gasteiger partial charge in [-0.25, -0.2) is 8.42 Å². The van der Waals surface area contributed by atoms with Gasteiger partial charge in [-0.05, 0) is 23.4 Å². The van der Waals surface area contributed by atoms with E-state index >= 15 is 0 Å². The molecule has 3 rings (SSSR count). The van der Waals surface area contributed by atoms with Crippen molar-refractivity contribution in [1.82, 2.24) is 14.1 Å². The summed E-state index contributed by atoms with van der Waals surface area (Å²) in [6, 6.07) is 1.80. The fraction of sp³-hybridized carbons (Fsp3) is 0.417. The molecule has 2 aromatic heterocycles. The molecule has 120 valence electrons. The average molecular weight is 351 g/mol. The van der Waals surface area contributed by atoms with Crippen LogP contribution in [-0.2, 0) is 36.2 Å². The number of hydrogen-bond donors (Lipinski definition) is 0. The lowest BCUT2D eigenvalue weighted by Gasteiger charge is -2.26. The van der Waals surface area contributed by atoms with E-state index in [1.807, 2.05) is 5.38 Å². The molecule has 1 aliphatic rings. The summed E-state index contributed by atoms with van der Waals surface area (Å²) in [5, 5.41) is 5.12. The number of aromatic nitrogens is 2. The highest BCUT2D eigenvalue weighted by atomic mass is 32.2. The average Bonchev–Trinajstić information content (AvgIpc) is 3.03. The highest BCUT2D eigenvalue weighted by Crippen LogP contribution is 2.35. The number of aryl methyl sites for hydroxylation is 1. The molecule has 0 spiro atoms. The third-order valence-electron chi connectivity index (χ3n) is 3.45. The maximum atomic E-state index is 13.0. The van der Waals surface area contributed by atoms with Gasteiger partial charge in [0.25, 0.3) is 0 Å². The molecule has 1 aliphatic heterocycles. The summed E-state index contributed by atoms with van der Waals surface area (Å²) < 4.78 is 66.1. The normalized spacial score (nSPS) is 16.7. The van der Waals surface area contributed by atoms with Crippen LogP contribution < -0.4 is 0 Å². The van der Waals surface area contributed by atoms with Crippen molar-refractivity contribution in [3.63, 3.8) is 0 Å². The van der Waals surface area contributed by atoms with Crippen molar-refractivity contribution in [3.05, 3.63) is 33.8 Å². The van der Waals surface area contributed by atoms with E-state index in [1.165, 1.54) is 18.4 Å². The summed E-state index contributed by atoms with van der Waals surface area (Å²) in [5.41, 5.74) is -0.525. The van der Waals surface area contributed by atoms with Crippen LogP contribution >= 0.6 is 11.3 Å². The fourth-order valence-corrected chi connectivity index (χ4v) is 4.91. The van der Waals surface area contributed by atoms with E-state index in [-0.39, 0.29) is 13.1 Å². The van der Waals surface area contributed by atoms with E-state index in [1.54, 1.807) is 6.07 Å². The first-order chi connectivity index (χ1) is 10.2. The zero-order chi connectivity index (χ0) is 16.1. The zero-order valence-electron chi connectivity index (χ0n) is 11.5. The van der Waals surface area contributed by atoms with Crippen LogP contribution in [0.5, 0.6) is 0 Å². The molecular formula is C12H12F3N3O2S2. The Hall–Kier alpha value is -1.39. The molecule has 5 nitrogen and oxygen atoms in total. The Bertz CT molecular complexity index is 808. The van der Waals surface area contributed by atoms with E-state index < -0.39 is 26.8 Å². The number of sulfonamides is 1. The standard InChI is InChI=1S/C12H12F3N3O2S2/c1-17-7-10(11(16-17)12(13,14)15)22(19,20)18-4-2-9-8(6-18)3-5-21-9/h3,5,7H,2,4,6H2,1H3. The molecule has 0 unspecified atom stereocenters. The minimum atomic E-state index is -4.81. The Balaban J connectivity index is 2.02. The number of fused-ring (bicyclic) bond motifs is 1. The van der Waals surface area contributed by atoms with Crippen LogP contribution in [0.2, 0.25) is 0 Å². The van der Waals surface area contributed by atoms with Crippen molar-refractivity contribution in [3.8, 4) is 0 Å². The maximum absolute atomic E-state index is 13.0. The van der Waals surface area contributed by atoms with Crippen LogP contribution in [0.3, 0.4) is 0 Å². The van der Waals surface area contributed by atoms with Crippen LogP contribution in [-0.4, -0.2) is 29.0 Å². The Morgan fingerprint density at radius 3 is 2.77 bits per heavy atom. The number of hydrogen-bond acceptors (Lipinski definition) is 4. The number of nitrogens with zero attached hydrogens (tertiary/aromatic N) is 3. The van der Waals surface area contributed by atoms with Gasteiger partial charge in [0.05, 0.1) is 0 Å². The summed E-state index contributed by atoms with van der Waals surface area (Å²) in [6.45, 7) is 0.259. The van der Waals surface area contributed by atoms with E-state index in [0.29, 0.717) is 6.42 Å². The third-order valence-corrected chi connectivity index (χ3v) is 6.32. The summed E-state index contributed by atoms with van der Waals surface area (Å²) in [7, 11) is -2.98. The second kappa shape index (κ2) is 5.07. The van der Waals surface area contributed by atoms with Crippen LogP contribution in [0, 0.1) is 0 Å². The number of rotatable bonds is 2. The fourth-order valence-electron chi connectivity index (χ4n) is 2.42. The molecule has 0 radical (unpaired) electrons. The maximum Gasteiger partial charge on any atom is 0.436 e. The Labute approximate surface area is 129 Å². The first-order valence-corrected chi connectivity index (χ1v) is 8.68. The molecule has 0 fully saturated rings. The molecule has 0 bridgehead atoms. The minimum Gasteiger partial charge on any atom is -0.274 e. The second-order valence-corrected chi connectivity index (χ2v) is 7.88. The highest BCUT2D eigenvalue weighted by Gasteiger charge is 2.43. The molecule has 2 aromatic rings. The molecule has 3 heterocycles. The summed E-state index contributed by atoms with van der Waals surface area (Å²) in [6.07, 6.45) is -3.40. The van der Waals surface area contributed by atoms with Gasteiger partial charge in [0.1, 0.15) is 4.90 Å². The predicted octanol–water partition coefficient (Wildman–Crippen LogP) is 2.25. The molecular weight excluding hydrogens is 339 g/mol. The van der Waals surface area contributed by atoms with Gasteiger partial charge >= 0.3 is 6.18 Å². The first kappa shape index (κ1) is 15.5. The molecule has 0 amide bonds. The molecule has 0 aliphatic carbocycles. The SMILES string of the molecule is Cn1cc(S(=O)(=O)N2CCc3sccc3C2)c(C(F)(F)F)n1. The van der Waals surface area contributed by atoms with E-state index in [2.05, 4.69) is 5.10 Å². The molecule has 0 aromatic carbocycles. The van der Waals surface area contributed by atoms with Crippen molar-refractivity contribution in [2.24, 2.45) is 7.05 Å². The lowest BCUT2D eigenvalue weighted by molar-refractivity contribution is -0.143. The lowest BCUT2D eigenvalue weighted by Crippen LogP contribution is -2.36. The molecule has 0 N–H and O–H groups in total. The van der Waals surface area contributed by atoms with Gasteiger partial charge in [0, 0.05) is 31.2 Å². The van der Waals surface area contributed by atoms with Gasteiger partial charge in [-0.2, -0.15) is 22.6 Å². The van der Waals surface area contributed by atoms with Crippen molar-refractivity contribution >= 4 is 21.4 Å². The molecule has 0 saturated carbocycles. The van der Waals surface area contributed by atoms with Crippen LogP contribution in [0.15, 0.2) is 22.5 Å². The first-order valence-electron chi connectivity index (χ1n) is 6.36. The molecule has 0 atom stereocenters. The van der Waals surface area contributed by atoms with E-state index in [9.17, 15) is 21.6 Å². The number of alkyl halides is 3. The Kier molecular flexibility index (Phi) is 3.57. The van der Waals surface area contributed by atoms with Gasteiger partial charge in [0.2, 0.25) is 10.0 Å². The van der Waals surface area contributed by atoms with E-state index in [0.717, 1.165) is 25.6 Å². The van der Waals surface area contributed by atoms with Gasteiger partial charge in [-0.1, -0.05) is 0 Å². The van der Waals surface area contributed by atoms with Gasteiger partial charge in [-0.3, -0.25) is 4.68 Å². The summed E-state index contributed by atoms with van der Waals surface area (Å²) in [4.78, 5) is 0.287. The van der Waals surface area contributed by atoms with E-state index in [4.69, 9.17) is 0 Å². The molecule has 10 heteroatoms. The van der Waals surface area contributed by atoms with Crippen LogP contribution in [0.1, 0.15) is 16.1 Å². The van der Waals surface area contributed by atoms with Crippen molar-refractivity contribution in [2.45, 2.75) is 24.0 Å². The Morgan fingerprint density at radius 2 is 2.09 bits per heavy atom. The number of thiophene rings is 1. The van der Waals surface area contributed by atoms with Crippen molar-refractivity contribution in [1.29, 1.82) is 0 Å². The minimum absolute atomic E-state index is 0.0906. The van der Waals surface area contributed by atoms with Crippen molar-refractivity contribution < 1.29 is 21.6 Å². The molecule has 0 saturated heterocycles. The van der Waals surface area contributed by atoms with Crippen LogP contribution in [0.25, 0.3) is 0 Å². The van der Waals surface area contributed by atoms with Crippen molar-refractivity contribution in [2.75, 3.05) is 6.54 Å². The largest absolute Gasteiger partial charge is 0.436 e. The number of halogens is 3. The lowest BCUT2D eigenvalue weighted by atomic mass is 10.1. The summed E-state index contributed by atoms with van der Waals surface area (Å²) >= 11 is 1.53. The third kappa shape index (κ3) is 2.55. The topological polar surface area (TPSA) is 55.2 Å².